The first-order valence-electron chi connectivity index (χ1n) is 6.95. The van der Waals surface area contributed by atoms with E-state index < -0.39 is 11.5 Å². The average molecular weight is 368 g/mol. The second-order valence-corrected chi connectivity index (χ2v) is 7.18. The molecule has 6 nitrogen and oxygen atoms in total. The molecule has 2 N–H and O–H groups in total. The molecule has 1 aliphatic heterocycles. The molecule has 2 rings (SSSR count). The van der Waals surface area contributed by atoms with Crippen LogP contribution in [-0.2, 0) is 4.79 Å². The van der Waals surface area contributed by atoms with Crippen molar-refractivity contribution in [2.75, 3.05) is 0 Å². The number of hydrogen-bond acceptors (Lipinski definition) is 4. The van der Waals surface area contributed by atoms with Gasteiger partial charge in [0.25, 0.3) is 5.91 Å². The van der Waals surface area contributed by atoms with Gasteiger partial charge in [0.05, 0.1) is 5.56 Å². The van der Waals surface area contributed by atoms with Gasteiger partial charge >= 0.3 is 5.97 Å². The van der Waals surface area contributed by atoms with Gasteiger partial charge in [-0.3, -0.25) is 9.78 Å². The van der Waals surface area contributed by atoms with Gasteiger partial charge in [-0.15, -0.1) is 0 Å². The fraction of sp³-hybridized carbons (Fsp3) is 0.467. The van der Waals surface area contributed by atoms with E-state index in [1.54, 1.807) is 19.2 Å². The van der Waals surface area contributed by atoms with Gasteiger partial charge in [-0.2, -0.15) is 0 Å². The van der Waals surface area contributed by atoms with Crippen molar-refractivity contribution in [2.45, 2.75) is 38.1 Å². The third-order valence-corrected chi connectivity index (χ3v) is 4.51. The van der Waals surface area contributed by atoms with E-state index in [1.807, 2.05) is 20.8 Å². The minimum atomic E-state index is -1.10. The molecule has 0 spiro atoms. The van der Waals surface area contributed by atoms with Gasteiger partial charge in [-0.05, 0) is 31.4 Å². The van der Waals surface area contributed by atoms with Crippen molar-refractivity contribution in [2.24, 2.45) is 10.9 Å². The molecule has 0 radical (unpaired) electrons. The smallest absolute Gasteiger partial charge is 0.338 e. The van der Waals surface area contributed by atoms with E-state index in [2.05, 4.69) is 31.2 Å². The van der Waals surface area contributed by atoms with E-state index >= 15 is 0 Å². The van der Waals surface area contributed by atoms with E-state index in [9.17, 15) is 14.7 Å². The molecule has 1 amide bonds. The third kappa shape index (κ3) is 2.77. The summed E-state index contributed by atoms with van der Waals surface area (Å²) in [5, 5.41) is 12.1. The van der Waals surface area contributed by atoms with Crippen molar-refractivity contribution in [3.05, 3.63) is 29.1 Å². The van der Waals surface area contributed by atoms with Crippen LogP contribution in [0.15, 0.2) is 17.3 Å². The Morgan fingerprint density at radius 1 is 1.41 bits per heavy atom. The fourth-order valence-electron chi connectivity index (χ4n) is 2.10. The number of aliphatic imine (C=N–C) groups is 1. The van der Waals surface area contributed by atoms with Gasteiger partial charge in [-0.1, -0.05) is 29.8 Å². The lowest BCUT2D eigenvalue weighted by Crippen LogP contribution is -2.41. The number of hydrogen-bond donors (Lipinski definition) is 2. The molecule has 1 aliphatic rings. The second-order valence-electron chi connectivity index (χ2n) is 5.80. The van der Waals surface area contributed by atoms with Gasteiger partial charge in [0.15, 0.2) is 5.84 Å². The summed E-state index contributed by atoms with van der Waals surface area (Å²) in [7, 11) is 0. The first-order valence-corrected chi connectivity index (χ1v) is 7.87. The number of nitrogens with one attached hydrogen (secondary N) is 1. The molecule has 0 saturated carbocycles. The summed E-state index contributed by atoms with van der Waals surface area (Å²) < 4.78 is 0. The van der Waals surface area contributed by atoms with E-state index in [-0.39, 0.29) is 33.7 Å². The number of amides is 1. The highest BCUT2D eigenvalue weighted by atomic mass is 79.9. The molecular weight excluding hydrogens is 350 g/mol. The van der Waals surface area contributed by atoms with Crippen LogP contribution in [0.25, 0.3) is 0 Å². The molecule has 2 heterocycles. The monoisotopic (exact) mass is 367 g/mol. The van der Waals surface area contributed by atoms with E-state index in [4.69, 9.17) is 0 Å². The zero-order valence-corrected chi connectivity index (χ0v) is 14.4. The number of rotatable bonds is 4. The Balaban J connectivity index is 2.54. The Bertz CT molecular complexity index is 670. The van der Waals surface area contributed by atoms with Crippen LogP contribution in [0, 0.1) is 5.92 Å². The molecule has 7 heteroatoms. The standard InChI is InChI=1S/C15H18BrN3O3/c1-7(2)15(4)14(22)18-12(19-15)11-10(13(20)21)5-9(6-17-11)8(3)16/h5-8H,1-4H3,(H,20,21)(H,18,19,22). The minimum Gasteiger partial charge on any atom is -0.478 e. The number of nitrogens with zero attached hydrogens (tertiary/aromatic N) is 2. The SMILES string of the molecule is CC(Br)c1cnc(C2=NC(C)(C(C)C)C(=O)N2)c(C(=O)O)c1. The van der Waals surface area contributed by atoms with Crippen LogP contribution in [0.4, 0.5) is 0 Å². The summed E-state index contributed by atoms with van der Waals surface area (Å²) in [5.74, 6) is -1.14. The lowest BCUT2D eigenvalue weighted by atomic mass is 9.89. The first-order chi connectivity index (χ1) is 10.2. The molecule has 0 aliphatic carbocycles. The molecule has 0 fully saturated rings. The van der Waals surface area contributed by atoms with Crippen LogP contribution in [-0.4, -0.2) is 33.3 Å². The molecule has 1 aromatic rings. The predicted molar refractivity (Wildman–Crippen MR) is 86.5 cm³/mol. The number of aromatic nitrogens is 1. The zero-order chi connectivity index (χ0) is 16.7. The summed E-state index contributed by atoms with van der Waals surface area (Å²) in [4.78, 5) is 32.3. The summed E-state index contributed by atoms with van der Waals surface area (Å²) in [6.45, 7) is 7.41. The number of carboxylic acid groups (broad SMARTS) is 1. The maximum absolute atomic E-state index is 12.2. The summed E-state index contributed by atoms with van der Waals surface area (Å²) in [6, 6.07) is 1.55. The van der Waals surface area contributed by atoms with Crippen molar-refractivity contribution in [3.63, 3.8) is 0 Å². The topological polar surface area (TPSA) is 91.7 Å². The molecule has 0 saturated heterocycles. The summed E-state index contributed by atoms with van der Waals surface area (Å²) in [6.07, 6.45) is 1.58. The fourth-order valence-corrected chi connectivity index (χ4v) is 2.35. The van der Waals surface area contributed by atoms with Crippen LogP contribution in [0.3, 0.4) is 0 Å². The van der Waals surface area contributed by atoms with Crippen LogP contribution in [0.5, 0.6) is 0 Å². The van der Waals surface area contributed by atoms with Gasteiger partial charge in [0.1, 0.15) is 11.2 Å². The Kier molecular flexibility index (Phi) is 4.37. The molecule has 0 bridgehead atoms. The largest absolute Gasteiger partial charge is 0.478 e. The highest BCUT2D eigenvalue weighted by Gasteiger charge is 2.43. The predicted octanol–water partition coefficient (Wildman–Crippen LogP) is 2.53. The van der Waals surface area contributed by atoms with Crippen molar-refractivity contribution in [1.29, 1.82) is 0 Å². The normalized spacial score (nSPS) is 22.5. The Hall–Kier alpha value is -1.76. The zero-order valence-electron chi connectivity index (χ0n) is 12.8. The minimum absolute atomic E-state index is 0.0138. The van der Waals surface area contributed by atoms with Crippen LogP contribution in [0.2, 0.25) is 0 Å². The Morgan fingerprint density at radius 2 is 2.05 bits per heavy atom. The Morgan fingerprint density at radius 3 is 2.50 bits per heavy atom. The van der Waals surface area contributed by atoms with E-state index in [0.29, 0.717) is 0 Å². The quantitative estimate of drug-likeness (QED) is 0.799. The van der Waals surface area contributed by atoms with Crippen LogP contribution >= 0.6 is 15.9 Å². The summed E-state index contributed by atoms with van der Waals surface area (Å²) in [5.41, 5.74) is 0.0458. The van der Waals surface area contributed by atoms with Crippen LogP contribution < -0.4 is 5.32 Å². The number of halogens is 1. The maximum atomic E-state index is 12.2. The van der Waals surface area contributed by atoms with E-state index in [0.717, 1.165) is 5.56 Å². The van der Waals surface area contributed by atoms with Crippen molar-refractivity contribution in [3.8, 4) is 0 Å². The van der Waals surface area contributed by atoms with Gasteiger partial charge < -0.3 is 10.4 Å². The first kappa shape index (κ1) is 16.6. The molecule has 0 aromatic carbocycles. The molecule has 2 unspecified atom stereocenters. The number of carbonyl (C=O) groups is 2. The lowest BCUT2D eigenvalue weighted by molar-refractivity contribution is -0.124. The van der Waals surface area contributed by atoms with E-state index in [1.165, 1.54) is 0 Å². The number of pyridine rings is 1. The number of alkyl halides is 1. The van der Waals surface area contributed by atoms with Crippen molar-refractivity contribution < 1.29 is 14.7 Å². The highest BCUT2D eigenvalue weighted by molar-refractivity contribution is 9.09. The molecule has 1 aromatic heterocycles. The summed E-state index contributed by atoms with van der Waals surface area (Å²) >= 11 is 3.39. The molecule has 118 valence electrons. The highest BCUT2D eigenvalue weighted by Crippen LogP contribution is 2.28. The van der Waals surface area contributed by atoms with Crippen LogP contribution in [0.1, 0.15) is 54.1 Å². The number of carboxylic acids is 1. The van der Waals surface area contributed by atoms with Crippen molar-refractivity contribution >= 4 is 33.6 Å². The third-order valence-electron chi connectivity index (χ3n) is 3.98. The van der Waals surface area contributed by atoms with Gasteiger partial charge in [0.2, 0.25) is 0 Å². The molecule has 2 atom stereocenters. The number of amidine groups is 1. The van der Waals surface area contributed by atoms with Crippen molar-refractivity contribution in [1.82, 2.24) is 10.3 Å². The van der Waals surface area contributed by atoms with Gasteiger partial charge in [-0.25, -0.2) is 9.79 Å². The maximum Gasteiger partial charge on any atom is 0.338 e. The number of carbonyl (C=O) groups excluding carboxylic acids is 1. The number of aromatic carboxylic acids is 1. The van der Waals surface area contributed by atoms with Gasteiger partial charge in [0, 0.05) is 11.0 Å². The molecule has 22 heavy (non-hydrogen) atoms. The Labute approximate surface area is 137 Å². The average Bonchev–Trinajstić information content (AvgIpc) is 2.75. The second kappa shape index (κ2) is 5.79. The molecular formula is C15H18BrN3O3. The lowest BCUT2D eigenvalue weighted by Gasteiger charge is -2.21.